The van der Waals surface area contributed by atoms with Gasteiger partial charge >= 0.3 is 12.1 Å². The van der Waals surface area contributed by atoms with Gasteiger partial charge in [-0.3, -0.25) is 4.99 Å². The number of esters is 1. The lowest BCUT2D eigenvalue weighted by molar-refractivity contribution is -0.137. The van der Waals surface area contributed by atoms with Gasteiger partial charge in [-0.2, -0.15) is 13.2 Å². The summed E-state index contributed by atoms with van der Waals surface area (Å²) in [7, 11) is 1.51. The molecule has 0 aromatic heterocycles. The van der Waals surface area contributed by atoms with Crippen LogP contribution in [0.4, 0.5) is 13.2 Å². The zero-order valence-electron chi connectivity index (χ0n) is 15.3. The molecule has 2 aromatic carbocycles. The molecule has 1 unspecified atom stereocenters. The van der Waals surface area contributed by atoms with Gasteiger partial charge in [-0.1, -0.05) is 25.1 Å². The van der Waals surface area contributed by atoms with Gasteiger partial charge in [0.25, 0.3) is 0 Å². The van der Waals surface area contributed by atoms with Crippen LogP contribution in [0, 0.1) is 0 Å². The van der Waals surface area contributed by atoms with Crippen LogP contribution in [-0.2, 0) is 16.5 Å². The Hall–Kier alpha value is -3.09. The van der Waals surface area contributed by atoms with Gasteiger partial charge in [0.2, 0.25) is 0 Å². The molecule has 0 radical (unpaired) electrons. The highest BCUT2D eigenvalue weighted by Gasteiger charge is 2.35. The summed E-state index contributed by atoms with van der Waals surface area (Å²) in [5, 5.41) is 0. The third-order valence-electron chi connectivity index (χ3n) is 4.57. The smallest absolute Gasteiger partial charge is 0.416 e. The molecule has 28 heavy (non-hydrogen) atoms. The molecule has 1 heterocycles. The number of hydrogen-bond donors (Lipinski definition) is 0. The Morgan fingerprint density at radius 2 is 1.79 bits per heavy atom. The number of nitrogens with zero attached hydrogens (tertiary/aromatic N) is 1. The molecule has 1 aliphatic heterocycles. The summed E-state index contributed by atoms with van der Waals surface area (Å²) >= 11 is 0. The number of benzene rings is 2. The summed E-state index contributed by atoms with van der Waals surface area (Å²) in [6.07, 6.45) is -0.912. The second-order valence-electron chi connectivity index (χ2n) is 6.28. The highest BCUT2D eigenvalue weighted by atomic mass is 19.4. The van der Waals surface area contributed by atoms with Gasteiger partial charge < -0.3 is 9.47 Å². The lowest BCUT2D eigenvalue weighted by Crippen LogP contribution is -2.19. The van der Waals surface area contributed by atoms with Crippen LogP contribution in [0.2, 0.25) is 0 Å². The molecule has 7 heteroatoms. The first-order valence-corrected chi connectivity index (χ1v) is 8.59. The number of alkyl halides is 3. The monoisotopic (exact) mass is 389 g/mol. The Kier molecular flexibility index (Phi) is 5.27. The van der Waals surface area contributed by atoms with Crippen LogP contribution in [0.25, 0.3) is 0 Å². The maximum absolute atomic E-state index is 12.8. The Morgan fingerprint density at radius 3 is 2.39 bits per heavy atom. The normalized spacial score (nSPS) is 18.7. The number of carbonyl (C=O) groups is 1. The molecule has 0 amide bonds. The molecule has 0 aliphatic carbocycles. The van der Waals surface area contributed by atoms with Crippen LogP contribution in [-0.4, -0.2) is 19.3 Å². The van der Waals surface area contributed by atoms with Gasteiger partial charge in [-0.15, -0.1) is 0 Å². The minimum absolute atomic E-state index is 0.240. The van der Waals surface area contributed by atoms with E-state index in [-0.39, 0.29) is 5.57 Å². The third-order valence-corrected chi connectivity index (χ3v) is 4.57. The van der Waals surface area contributed by atoms with E-state index in [1.165, 1.54) is 25.5 Å². The van der Waals surface area contributed by atoms with Crippen LogP contribution in [0.5, 0.6) is 11.5 Å². The molecule has 0 fully saturated rings. The molecular formula is C21H18F3NO3. The van der Waals surface area contributed by atoms with Gasteiger partial charge in [0, 0.05) is 12.3 Å². The second-order valence-corrected chi connectivity index (χ2v) is 6.28. The van der Waals surface area contributed by atoms with E-state index in [1.807, 2.05) is 6.92 Å². The van der Waals surface area contributed by atoms with Gasteiger partial charge in [-0.25, -0.2) is 4.79 Å². The van der Waals surface area contributed by atoms with Crippen molar-refractivity contribution in [1.82, 2.24) is 0 Å². The van der Waals surface area contributed by atoms with E-state index in [4.69, 9.17) is 9.47 Å². The lowest BCUT2D eigenvalue weighted by Gasteiger charge is -2.23. The minimum Gasteiger partial charge on any atom is -0.497 e. The fourth-order valence-corrected chi connectivity index (χ4v) is 2.96. The van der Waals surface area contributed by atoms with Gasteiger partial charge in [0.05, 0.1) is 18.2 Å². The number of rotatable bonds is 5. The highest BCUT2D eigenvalue weighted by molar-refractivity contribution is 6.11. The van der Waals surface area contributed by atoms with Crippen molar-refractivity contribution in [1.29, 1.82) is 0 Å². The molecule has 3 rings (SSSR count). The molecule has 0 saturated carbocycles. The van der Waals surface area contributed by atoms with Crippen LogP contribution in [0.15, 0.2) is 65.2 Å². The second kappa shape index (κ2) is 7.50. The van der Waals surface area contributed by atoms with Crippen molar-refractivity contribution in [3.05, 3.63) is 71.3 Å². The number of carbonyl (C=O) groups excluding carboxylic acids is 1. The maximum atomic E-state index is 12.8. The molecule has 1 atom stereocenters. The van der Waals surface area contributed by atoms with Crippen molar-refractivity contribution >= 4 is 12.2 Å². The van der Waals surface area contributed by atoms with E-state index in [0.717, 1.165) is 12.1 Å². The predicted molar refractivity (Wildman–Crippen MR) is 98.6 cm³/mol. The van der Waals surface area contributed by atoms with Crippen molar-refractivity contribution in [2.24, 2.45) is 4.99 Å². The Bertz CT molecular complexity index is 933. The van der Waals surface area contributed by atoms with E-state index >= 15 is 0 Å². The first-order chi connectivity index (χ1) is 13.3. The van der Waals surface area contributed by atoms with Crippen LogP contribution >= 0.6 is 0 Å². The minimum atomic E-state index is -4.40. The van der Waals surface area contributed by atoms with Crippen LogP contribution < -0.4 is 9.47 Å². The standard InChI is InChI=1S/C21H18F3NO3/c1-3-20(15-7-9-16(10-8-15)21(22,23)24)12-14(13-25-20)19(26)28-18-6-4-5-17(11-18)27-2/h4-13H,3H2,1-2H3. The fraction of sp³-hybridized carbons (Fsp3) is 0.238. The summed E-state index contributed by atoms with van der Waals surface area (Å²) < 4.78 is 48.8. The van der Waals surface area contributed by atoms with Crippen LogP contribution in [0.3, 0.4) is 0 Å². The summed E-state index contributed by atoms with van der Waals surface area (Å²) in [5.74, 6) is 0.272. The van der Waals surface area contributed by atoms with Gasteiger partial charge in [-0.05, 0) is 42.3 Å². The van der Waals surface area contributed by atoms with E-state index in [0.29, 0.717) is 23.5 Å². The summed E-state index contributed by atoms with van der Waals surface area (Å²) in [6, 6.07) is 11.4. The Morgan fingerprint density at radius 1 is 1.11 bits per heavy atom. The number of methoxy groups -OCH3 is 1. The summed E-state index contributed by atoms with van der Waals surface area (Å²) in [5.41, 5.74) is -0.813. The van der Waals surface area contributed by atoms with Crippen molar-refractivity contribution in [2.75, 3.05) is 7.11 Å². The number of ether oxygens (including phenoxy) is 2. The lowest BCUT2D eigenvalue weighted by atomic mass is 9.87. The summed E-state index contributed by atoms with van der Waals surface area (Å²) in [4.78, 5) is 16.9. The molecule has 0 bridgehead atoms. The molecular weight excluding hydrogens is 371 g/mol. The largest absolute Gasteiger partial charge is 0.497 e. The topological polar surface area (TPSA) is 47.9 Å². The molecule has 2 aromatic rings. The van der Waals surface area contributed by atoms with Gasteiger partial charge in [0.15, 0.2) is 0 Å². The quantitative estimate of drug-likeness (QED) is 0.538. The Balaban J connectivity index is 1.83. The molecule has 0 saturated heterocycles. The Labute approximate surface area is 160 Å². The third kappa shape index (κ3) is 3.93. The fourth-order valence-electron chi connectivity index (χ4n) is 2.96. The van der Waals surface area contributed by atoms with E-state index in [2.05, 4.69) is 4.99 Å². The maximum Gasteiger partial charge on any atom is 0.416 e. The van der Waals surface area contributed by atoms with E-state index < -0.39 is 23.2 Å². The zero-order chi connectivity index (χ0) is 20.4. The van der Waals surface area contributed by atoms with Crippen molar-refractivity contribution in [2.45, 2.75) is 25.1 Å². The van der Waals surface area contributed by atoms with E-state index in [1.54, 1.807) is 30.3 Å². The van der Waals surface area contributed by atoms with Crippen molar-refractivity contribution in [3.63, 3.8) is 0 Å². The molecule has 4 nitrogen and oxygen atoms in total. The van der Waals surface area contributed by atoms with Crippen molar-refractivity contribution in [3.8, 4) is 11.5 Å². The SMILES string of the molecule is CCC1(c2ccc(C(F)(F)F)cc2)C=C(C(=O)Oc2cccc(OC)c2)C=N1. The first kappa shape index (κ1) is 19.7. The van der Waals surface area contributed by atoms with Gasteiger partial charge in [0.1, 0.15) is 17.0 Å². The molecule has 146 valence electrons. The molecule has 0 N–H and O–H groups in total. The average Bonchev–Trinajstić information content (AvgIpc) is 3.14. The van der Waals surface area contributed by atoms with Crippen molar-refractivity contribution < 1.29 is 27.4 Å². The molecule has 0 spiro atoms. The number of halogens is 3. The van der Waals surface area contributed by atoms with Crippen LogP contribution in [0.1, 0.15) is 24.5 Å². The molecule has 1 aliphatic rings. The average molecular weight is 389 g/mol. The van der Waals surface area contributed by atoms with E-state index in [9.17, 15) is 18.0 Å². The zero-order valence-corrected chi connectivity index (χ0v) is 15.3. The number of aliphatic imine (C=N–C) groups is 1. The first-order valence-electron chi connectivity index (χ1n) is 8.59. The summed E-state index contributed by atoms with van der Waals surface area (Å²) in [6.45, 7) is 1.85. The predicted octanol–water partition coefficient (Wildman–Crippen LogP) is 4.94. The number of hydrogen-bond acceptors (Lipinski definition) is 4. The highest BCUT2D eigenvalue weighted by Crippen LogP contribution is 2.38.